The Morgan fingerprint density at radius 3 is 2.42 bits per heavy atom. The van der Waals surface area contributed by atoms with Gasteiger partial charge in [0.05, 0.1) is 0 Å². The number of benzene rings is 1. The maximum absolute atomic E-state index is 11.1. The van der Waals surface area contributed by atoms with E-state index in [0.29, 0.717) is 47.9 Å². The van der Waals surface area contributed by atoms with Gasteiger partial charge in [-0.05, 0) is 0 Å². The van der Waals surface area contributed by atoms with Crippen LogP contribution in [-0.4, -0.2) is 5.91 Å². The molecule has 0 aliphatic carbocycles. The minimum atomic E-state index is 0.0197. The summed E-state index contributed by atoms with van der Waals surface area (Å²) < 4.78 is 2.74. The minimum absolute atomic E-state index is 0.0197. The maximum atomic E-state index is 11.1. The molecule has 58 valence electrons. The number of hydrogen-bond acceptors (Lipinski definition) is 1. The van der Waals surface area contributed by atoms with Crippen molar-refractivity contribution >= 4 is 12.0 Å². The van der Waals surface area contributed by atoms with Crippen molar-refractivity contribution in [2.75, 3.05) is 0 Å². The van der Waals surface area contributed by atoms with Crippen LogP contribution >= 0.6 is 0 Å². The van der Waals surface area contributed by atoms with Gasteiger partial charge in [0, 0.05) is 0 Å². The molecule has 0 bridgehead atoms. The number of amides is 1. The van der Waals surface area contributed by atoms with Crippen molar-refractivity contribution in [2.45, 2.75) is 0 Å². The van der Waals surface area contributed by atoms with Crippen LogP contribution < -0.4 is 0.974 Å². The first-order chi connectivity index (χ1) is 5.77. The Balaban J connectivity index is 2.91. The van der Waals surface area contributed by atoms with Crippen molar-refractivity contribution < 1.29 is 47.1 Å². The summed E-state index contributed by atoms with van der Waals surface area (Å²) in [6.45, 7) is 3.63. The van der Waals surface area contributed by atoms with E-state index in [4.69, 9.17) is 0 Å². The van der Waals surface area contributed by atoms with Crippen LogP contribution in [0, 0.1) is 42.3 Å². The third kappa shape index (κ3) is 2.43. The summed E-state index contributed by atoms with van der Waals surface area (Å²) in [4.78, 5) is 11.1. The molecule has 0 saturated heterocycles. The van der Waals surface area contributed by atoms with E-state index in [9.17, 15) is 4.79 Å². The first-order valence-corrected chi connectivity index (χ1v) is 5.88. The predicted molar refractivity (Wildman–Crippen MR) is 44.0 cm³/mol. The van der Waals surface area contributed by atoms with Gasteiger partial charge in [-0.3, -0.25) is 0 Å². The zero-order chi connectivity index (χ0) is 8.97. The monoisotopic (exact) mass is 373 g/mol. The van der Waals surface area contributed by atoms with Gasteiger partial charge in [-0.25, -0.2) is 0 Å². The summed E-state index contributed by atoms with van der Waals surface area (Å²) in [6.07, 6.45) is 1.76. The topological polar surface area (TPSA) is 29.1 Å². The standard InChI is InChI=1S/C9H9NO.Ac/c1-2-7-3-5-8(6-4-7)9(10)11;/h2-6H,1H2,(H2,10,11);/q;+1/p-1. The fourth-order valence-electron chi connectivity index (χ4n) is 0.854. The molecule has 0 fully saturated rings. The Labute approximate surface area is 101 Å². The van der Waals surface area contributed by atoms with Crippen LogP contribution in [0.3, 0.4) is 0 Å². The Morgan fingerprint density at radius 1 is 1.42 bits per heavy atom. The van der Waals surface area contributed by atoms with Gasteiger partial charge in [0.1, 0.15) is 0 Å². The molecule has 0 radical (unpaired) electrons. The molecule has 0 saturated carbocycles. The quantitative estimate of drug-likeness (QED) is 0.837. The molecule has 3 heteroatoms. The molecule has 0 aliphatic rings. The zero-order valence-electron chi connectivity index (χ0n) is 6.58. The summed E-state index contributed by atoms with van der Waals surface area (Å²) in [5, 5.41) is 0. The Kier molecular flexibility index (Phi) is 3.97. The fourth-order valence-corrected chi connectivity index (χ4v) is 1.54. The second kappa shape index (κ2) is 4.79. The van der Waals surface area contributed by atoms with Gasteiger partial charge < -0.3 is 0 Å². The van der Waals surface area contributed by atoms with Crippen LogP contribution in [0.25, 0.3) is 6.08 Å². The van der Waals surface area contributed by atoms with Crippen molar-refractivity contribution in [1.29, 1.82) is 0 Å². The summed E-state index contributed by atoms with van der Waals surface area (Å²) >= 11 is 0.354. The first-order valence-electron chi connectivity index (χ1n) is 3.51. The van der Waals surface area contributed by atoms with Crippen LogP contribution in [0.1, 0.15) is 15.9 Å². The molecule has 0 atom stereocenters. The molecule has 0 spiro atoms. The third-order valence-corrected chi connectivity index (χ3v) is 2.62. The summed E-state index contributed by atoms with van der Waals surface area (Å²) in [6, 6.07) is 7.37. The van der Waals surface area contributed by atoms with E-state index in [1.54, 1.807) is 18.2 Å². The SMILES string of the molecule is C=Cc1ccc(C(=O)[NH][Ac])cc1. The molecule has 12 heavy (non-hydrogen) atoms. The van der Waals surface area contributed by atoms with Gasteiger partial charge in [0.15, 0.2) is 0 Å². The number of carbonyl (C=O) groups excluding carboxylic acids is 1. The Bertz CT molecular complexity index is 292. The zero-order valence-corrected chi connectivity index (χ0v) is 11.3. The molecule has 0 heterocycles. The molecule has 1 rings (SSSR count). The average molecular weight is 373 g/mol. The molecule has 0 aliphatic heterocycles. The Morgan fingerprint density at radius 2 is 2.00 bits per heavy atom. The van der Waals surface area contributed by atoms with Crippen LogP contribution in [0.15, 0.2) is 30.8 Å². The second-order valence-electron chi connectivity index (χ2n) is 2.30. The van der Waals surface area contributed by atoms with Gasteiger partial charge in [-0.2, -0.15) is 0 Å². The molecule has 1 amide bonds. The molecule has 0 unspecified atom stereocenters. The van der Waals surface area contributed by atoms with Crippen molar-refractivity contribution in [3.8, 4) is 0 Å². The molecule has 2 nitrogen and oxygen atoms in total. The van der Waals surface area contributed by atoms with E-state index < -0.39 is 0 Å². The van der Waals surface area contributed by atoms with Gasteiger partial charge in [-0.1, -0.05) is 0 Å². The molecule has 1 N–H and O–H groups in total. The molecule has 1 aromatic carbocycles. The number of carbonyl (C=O) groups is 1. The van der Waals surface area contributed by atoms with Crippen LogP contribution in [0.4, 0.5) is 0 Å². The van der Waals surface area contributed by atoms with Crippen LogP contribution in [-0.2, 0) is 0 Å². The second-order valence-corrected chi connectivity index (χ2v) is 3.49. The summed E-state index contributed by atoms with van der Waals surface area (Å²) in [5.41, 5.74) is 1.75. The van der Waals surface area contributed by atoms with Gasteiger partial charge in [0.2, 0.25) is 0 Å². The van der Waals surface area contributed by atoms with Gasteiger partial charge in [-0.15, -0.1) is 0 Å². The summed E-state index contributed by atoms with van der Waals surface area (Å²) in [5.74, 6) is 0.0197. The van der Waals surface area contributed by atoms with Crippen molar-refractivity contribution in [3.63, 3.8) is 0 Å². The van der Waals surface area contributed by atoms with E-state index in [2.05, 4.69) is 7.55 Å². The van der Waals surface area contributed by atoms with Gasteiger partial charge in [0.25, 0.3) is 0 Å². The van der Waals surface area contributed by atoms with E-state index in [1.165, 1.54) is 0 Å². The van der Waals surface area contributed by atoms with E-state index >= 15 is 0 Å². The normalized spacial score (nSPS) is 9.17. The predicted octanol–water partition coefficient (Wildman–Crippen LogP) is 1.52. The van der Waals surface area contributed by atoms with Crippen LogP contribution in [0.5, 0.6) is 0 Å². The third-order valence-electron chi connectivity index (χ3n) is 1.54. The number of hydrogen-bond donors (Lipinski definition) is 1. The molecular formula is C9H8AcNO. The van der Waals surface area contributed by atoms with E-state index in [0.717, 1.165) is 5.56 Å². The van der Waals surface area contributed by atoms with Gasteiger partial charge >= 0.3 is 102 Å². The molecule has 1 aromatic rings. The fraction of sp³-hybridized carbons (Fsp3) is 0. The molecule has 0 aromatic heterocycles. The average Bonchev–Trinajstić information content (AvgIpc) is 2.17. The van der Waals surface area contributed by atoms with Crippen molar-refractivity contribution in [3.05, 3.63) is 42.0 Å². The number of nitrogens with one attached hydrogen (secondary N) is 1. The van der Waals surface area contributed by atoms with E-state index in [-0.39, 0.29) is 5.91 Å². The van der Waals surface area contributed by atoms with Crippen molar-refractivity contribution in [2.24, 2.45) is 0 Å². The summed E-state index contributed by atoms with van der Waals surface area (Å²) in [7, 11) is 0. The number of rotatable bonds is 2. The first kappa shape index (κ1) is 9.96. The molecular weight excluding hydrogens is 365 g/mol. The van der Waals surface area contributed by atoms with Crippen molar-refractivity contribution in [1.82, 2.24) is 0.974 Å². The Hall–Kier alpha value is -0.128. The van der Waals surface area contributed by atoms with Crippen LogP contribution in [0.2, 0.25) is 0 Å². The van der Waals surface area contributed by atoms with E-state index in [1.807, 2.05) is 12.1 Å².